The zero-order valence-electron chi connectivity index (χ0n) is 16.3. The van der Waals surface area contributed by atoms with Crippen LogP contribution in [0.2, 0.25) is 0 Å². The lowest BCUT2D eigenvalue weighted by Gasteiger charge is -2.19. The van der Waals surface area contributed by atoms with Crippen molar-refractivity contribution in [2.75, 3.05) is 25.7 Å². The van der Waals surface area contributed by atoms with E-state index in [2.05, 4.69) is 4.72 Å². The number of amides is 1. The number of ketones is 1. The third-order valence-electron chi connectivity index (χ3n) is 4.70. The van der Waals surface area contributed by atoms with Crippen molar-refractivity contribution in [1.82, 2.24) is 4.72 Å². The van der Waals surface area contributed by atoms with Crippen molar-refractivity contribution in [3.8, 4) is 11.5 Å². The highest BCUT2D eigenvalue weighted by atomic mass is 32.2. The first-order chi connectivity index (χ1) is 13.7. The predicted molar refractivity (Wildman–Crippen MR) is 107 cm³/mol. The van der Waals surface area contributed by atoms with Gasteiger partial charge in [0.25, 0.3) is 0 Å². The van der Waals surface area contributed by atoms with Crippen molar-refractivity contribution >= 4 is 27.4 Å². The van der Waals surface area contributed by atoms with Crippen LogP contribution in [0, 0.1) is 0 Å². The fourth-order valence-corrected chi connectivity index (χ4v) is 4.41. The summed E-state index contributed by atoms with van der Waals surface area (Å²) < 4.78 is 38.3. The summed E-state index contributed by atoms with van der Waals surface area (Å²) >= 11 is 0. The summed E-state index contributed by atoms with van der Waals surface area (Å²) in [6.07, 6.45) is 0.0408. The molecule has 1 aliphatic heterocycles. The summed E-state index contributed by atoms with van der Waals surface area (Å²) in [6.45, 7) is 1.60. The molecule has 1 heterocycles. The summed E-state index contributed by atoms with van der Waals surface area (Å²) in [7, 11) is -0.802. The van der Waals surface area contributed by atoms with Gasteiger partial charge in [0.05, 0.1) is 19.1 Å². The molecular formula is C20H22N2O6S. The Kier molecular flexibility index (Phi) is 5.90. The van der Waals surface area contributed by atoms with E-state index in [9.17, 15) is 18.0 Å². The Morgan fingerprint density at radius 1 is 1.07 bits per heavy atom. The van der Waals surface area contributed by atoms with Gasteiger partial charge in [-0.2, -0.15) is 0 Å². The largest absolute Gasteiger partial charge is 0.493 e. The molecule has 0 aliphatic carbocycles. The number of ether oxygens (including phenoxy) is 2. The monoisotopic (exact) mass is 418 g/mol. The Labute approximate surface area is 169 Å². The molecule has 1 atom stereocenters. The van der Waals surface area contributed by atoms with Crippen molar-refractivity contribution < 1.29 is 27.5 Å². The van der Waals surface area contributed by atoms with Gasteiger partial charge < -0.3 is 14.4 Å². The van der Waals surface area contributed by atoms with E-state index in [1.54, 1.807) is 18.2 Å². The van der Waals surface area contributed by atoms with Gasteiger partial charge in [0.1, 0.15) is 0 Å². The molecule has 1 fully saturated rings. The van der Waals surface area contributed by atoms with Crippen LogP contribution in [0.5, 0.6) is 11.5 Å². The van der Waals surface area contributed by atoms with Crippen LogP contribution in [0.3, 0.4) is 0 Å². The second kappa shape index (κ2) is 8.22. The first-order valence-corrected chi connectivity index (χ1v) is 10.4. The van der Waals surface area contributed by atoms with Gasteiger partial charge in [0.2, 0.25) is 15.9 Å². The van der Waals surface area contributed by atoms with Gasteiger partial charge in [-0.1, -0.05) is 12.1 Å². The van der Waals surface area contributed by atoms with Gasteiger partial charge in [-0.15, -0.1) is 0 Å². The minimum atomic E-state index is -3.82. The summed E-state index contributed by atoms with van der Waals surface area (Å²) in [6, 6.07) is 10.2. The molecule has 0 bridgehead atoms. The highest BCUT2D eigenvalue weighted by Crippen LogP contribution is 2.33. The SMILES string of the molecule is COc1ccc(N2CC(NS(=O)(=O)c3ccc(C(C)=O)cc3)CC2=O)cc1OC. The molecule has 29 heavy (non-hydrogen) atoms. The molecule has 8 nitrogen and oxygen atoms in total. The molecule has 0 radical (unpaired) electrons. The van der Waals surface area contributed by atoms with Crippen molar-refractivity contribution in [3.05, 3.63) is 48.0 Å². The molecule has 0 saturated carbocycles. The lowest BCUT2D eigenvalue weighted by atomic mass is 10.2. The zero-order valence-corrected chi connectivity index (χ0v) is 17.2. The average molecular weight is 418 g/mol. The van der Waals surface area contributed by atoms with Gasteiger partial charge in [-0.3, -0.25) is 9.59 Å². The summed E-state index contributed by atoms with van der Waals surface area (Å²) in [5.41, 5.74) is 1.03. The fourth-order valence-electron chi connectivity index (χ4n) is 3.19. The number of sulfonamides is 1. The molecule has 0 aromatic heterocycles. The Hall–Kier alpha value is -2.91. The number of hydrogen-bond donors (Lipinski definition) is 1. The zero-order chi connectivity index (χ0) is 21.2. The number of Topliss-reactive ketones (excluding diaryl/α,β-unsaturated/α-hetero) is 1. The third kappa shape index (κ3) is 4.41. The van der Waals surface area contributed by atoms with Crippen LogP contribution < -0.4 is 19.1 Å². The maximum Gasteiger partial charge on any atom is 0.240 e. The smallest absolute Gasteiger partial charge is 0.240 e. The molecule has 9 heteroatoms. The second-order valence-electron chi connectivity index (χ2n) is 6.65. The van der Waals surface area contributed by atoms with Crippen LogP contribution in [0.15, 0.2) is 47.4 Å². The lowest BCUT2D eigenvalue weighted by molar-refractivity contribution is -0.117. The summed E-state index contributed by atoms with van der Waals surface area (Å²) in [5.74, 6) is 0.673. The van der Waals surface area contributed by atoms with Crippen LogP contribution in [-0.4, -0.2) is 46.9 Å². The van der Waals surface area contributed by atoms with Crippen LogP contribution in [0.25, 0.3) is 0 Å². The first kappa shape index (κ1) is 20.8. The first-order valence-electron chi connectivity index (χ1n) is 8.91. The average Bonchev–Trinajstić information content (AvgIpc) is 3.06. The Balaban J connectivity index is 1.75. The maximum atomic E-state index is 12.6. The van der Waals surface area contributed by atoms with Gasteiger partial charge in [0.15, 0.2) is 17.3 Å². The third-order valence-corrected chi connectivity index (χ3v) is 6.23. The van der Waals surface area contributed by atoms with Crippen molar-refractivity contribution in [3.63, 3.8) is 0 Å². The van der Waals surface area contributed by atoms with E-state index in [-0.39, 0.29) is 29.6 Å². The molecule has 1 amide bonds. The lowest BCUT2D eigenvalue weighted by Crippen LogP contribution is -2.37. The normalized spacial score (nSPS) is 16.7. The highest BCUT2D eigenvalue weighted by Gasteiger charge is 2.34. The molecule has 1 saturated heterocycles. The molecular weight excluding hydrogens is 396 g/mol. The molecule has 0 spiro atoms. The number of anilines is 1. The molecule has 3 rings (SSSR count). The van der Waals surface area contributed by atoms with Gasteiger partial charge in [-0.25, -0.2) is 13.1 Å². The van der Waals surface area contributed by atoms with E-state index in [1.807, 2.05) is 0 Å². The van der Waals surface area contributed by atoms with Crippen LogP contribution >= 0.6 is 0 Å². The number of hydrogen-bond acceptors (Lipinski definition) is 6. The van der Waals surface area contributed by atoms with Crippen LogP contribution in [-0.2, 0) is 14.8 Å². The van der Waals surface area contributed by atoms with Crippen LogP contribution in [0.4, 0.5) is 5.69 Å². The maximum absolute atomic E-state index is 12.6. The van der Waals surface area contributed by atoms with Crippen molar-refractivity contribution in [2.24, 2.45) is 0 Å². The fraction of sp³-hybridized carbons (Fsp3) is 0.300. The predicted octanol–water partition coefficient (Wildman–Crippen LogP) is 1.99. The van der Waals surface area contributed by atoms with E-state index >= 15 is 0 Å². The Bertz CT molecular complexity index is 1030. The van der Waals surface area contributed by atoms with E-state index in [4.69, 9.17) is 9.47 Å². The number of carbonyl (C=O) groups excluding carboxylic acids is 2. The van der Waals surface area contributed by atoms with Gasteiger partial charge >= 0.3 is 0 Å². The molecule has 1 aliphatic rings. The van der Waals surface area contributed by atoms with Crippen LogP contribution in [0.1, 0.15) is 23.7 Å². The number of rotatable bonds is 7. The number of carbonyl (C=O) groups is 2. The molecule has 1 N–H and O–H groups in total. The highest BCUT2D eigenvalue weighted by molar-refractivity contribution is 7.89. The Morgan fingerprint density at radius 2 is 1.72 bits per heavy atom. The minimum absolute atomic E-state index is 0.0408. The Morgan fingerprint density at radius 3 is 2.31 bits per heavy atom. The standard InChI is InChI=1S/C20H22N2O6S/c1-13(23)14-4-7-17(8-5-14)29(25,26)21-15-10-20(24)22(12-15)16-6-9-18(27-2)19(11-16)28-3/h4-9,11,15,21H,10,12H2,1-3H3. The quantitative estimate of drug-likeness (QED) is 0.690. The van der Waals surface area contributed by atoms with Gasteiger partial charge in [-0.05, 0) is 31.2 Å². The van der Waals surface area contributed by atoms with E-state index < -0.39 is 16.1 Å². The second-order valence-corrected chi connectivity index (χ2v) is 8.36. The molecule has 2 aromatic rings. The summed E-state index contributed by atoms with van der Waals surface area (Å²) in [5, 5.41) is 0. The minimum Gasteiger partial charge on any atom is -0.493 e. The number of methoxy groups -OCH3 is 2. The molecule has 2 aromatic carbocycles. The van der Waals surface area contributed by atoms with Crippen molar-refractivity contribution in [1.29, 1.82) is 0 Å². The number of benzene rings is 2. The van der Waals surface area contributed by atoms with E-state index in [0.717, 1.165) is 0 Å². The molecule has 154 valence electrons. The van der Waals surface area contributed by atoms with E-state index in [0.29, 0.717) is 22.7 Å². The topological polar surface area (TPSA) is 102 Å². The van der Waals surface area contributed by atoms with Gasteiger partial charge in [0, 0.05) is 36.3 Å². The number of nitrogens with zero attached hydrogens (tertiary/aromatic N) is 1. The van der Waals surface area contributed by atoms with Crippen molar-refractivity contribution in [2.45, 2.75) is 24.3 Å². The number of nitrogens with one attached hydrogen (secondary N) is 1. The molecule has 1 unspecified atom stereocenters. The van der Waals surface area contributed by atoms with E-state index in [1.165, 1.54) is 50.3 Å². The summed E-state index contributed by atoms with van der Waals surface area (Å²) in [4.78, 5) is 25.4.